The third-order valence-corrected chi connectivity index (χ3v) is 7.37. The van der Waals surface area contributed by atoms with Gasteiger partial charge in [0.05, 0.1) is 25.0 Å². The maximum Gasteiger partial charge on any atom is 0.327 e. The molecule has 37 heavy (non-hydrogen) atoms. The van der Waals surface area contributed by atoms with Gasteiger partial charge in [0, 0.05) is 36.8 Å². The third-order valence-electron chi connectivity index (χ3n) is 7.37. The number of piperazine rings is 1. The molecule has 0 bridgehead atoms. The van der Waals surface area contributed by atoms with Crippen LogP contribution < -0.4 is 10.1 Å². The van der Waals surface area contributed by atoms with Crippen molar-refractivity contribution in [3.8, 4) is 17.0 Å². The van der Waals surface area contributed by atoms with Gasteiger partial charge in [0.15, 0.2) is 0 Å². The molecular weight excluding hydrogens is 470 g/mol. The van der Waals surface area contributed by atoms with Crippen molar-refractivity contribution in [1.82, 2.24) is 19.7 Å². The van der Waals surface area contributed by atoms with Crippen molar-refractivity contribution in [2.75, 3.05) is 32.1 Å². The number of nitrogens with zero attached hydrogens (tertiary/aromatic N) is 4. The molecule has 9 nitrogen and oxygen atoms in total. The number of aromatic nitrogens is 1. The molecule has 3 fully saturated rings. The lowest BCUT2D eigenvalue weighted by molar-refractivity contribution is -0.129. The highest BCUT2D eigenvalue weighted by Crippen LogP contribution is 2.47. The largest absolute Gasteiger partial charge is 0.496 e. The van der Waals surface area contributed by atoms with Crippen molar-refractivity contribution in [3.05, 3.63) is 78.5 Å². The van der Waals surface area contributed by atoms with Crippen LogP contribution in [0.4, 0.5) is 15.3 Å². The van der Waals surface area contributed by atoms with Crippen molar-refractivity contribution >= 4 is 23.7 Å². The summed E-state index contributed by atoms with van der Waals surface area (Å²) in [5, 5.41) is 2.95. The predicted molar refractivity (Wildman–Crippen MR) is 137 cm³/mol. The van der Waals surface area contributed by atoms with E-state index in [4.69, 9.17) is 4.74 Å². The molecule has 3 unspecified atom stereocenters. The Labute approximate surface area is 214 Å². The van der Waals surface area contributed by atoms with Gasteiger partial charge < -0.3 is 19.9 Å². The molecule has 0 radical (unpaired) electrons. The number of carbonyl (C=O) groups excluding carboxylic acids is 3. The SMILES string of the molecule is COc1ccccc1-c1ncccc1NC(=O)N1CCN2C(=O)N(C3CC3c3ccccc3)C(=O)C2C1. The lowest BCUT2D eigenvalue weighted by atomic mass is 10.1. The zero-order chi connectivity index (χ0) is 25.5. The molecule has 6 rings (SSSR count). The van der Waals surface area contributed by atoms with E-state index in [0.29, 0.717) is 30.2 Å². The molecule has 1 N–H and O–H groups in total. The number of methoxy groups -OCH3 is 1. The number of hydrogen-bond acceptors (Lipinski definition) is 5. The van der Waals surface area contributed by atoms with Crippen molar-refractivity contribution < 1.29 is 19.1 Å². The fraction of sp³-hybridized carbons (Fsp3) is 0.286. The summed E-state index contributed by atoms with van der Waals surface area (Å²) >= 11 is 0. The number of carbonyl (C=O) groups is 3. The summed E-state index contributed by atoms with van der Waals surface area (Å²) in [5.74, 6) is 0.602. The fourth-order valence-corrected chi connectivity index (χ4v) is 5.39. The molecule has 9 heteroatoms. The highest BCUT2D eigenvalue weighted by Gasteiger charge is 2.56. The molecule has 1 aliphatic carbocycles. The van der Waals surface area contributed by atoms with E-state index in [1.165, 1.54) is 4.90 Å². The minimum Gasteiger partial charge on any atom is -0.496 e. The number of para-hydroxylation sites is 1. The number of amides is 5. The zero-order valence-electron chi connectivity index (χ0n) is 20.4. The average Bonchev–Trinajstić information content (AvgIpc) is 3.69. The number of anilines is 1. The van der Waals surface area contributed by atoms with Crippen LogP contribution in [0.15, 0.2) is 72.9 Å². The molecule has 2 aromatic carbocycles. The van der Waals surface area contributed by atoms with Crippen LogP contribution in [0, 0.1) is 0 Å². The van der Waals surface area contributed by atoms with Crippen LogP contribution in [0.5, 0.6) is 5.75 Å². The second-order valence-electron chi connectivity index (χ2n) is 9.50. The Morgan fingerprint density at radius 1 is 1.00 bits per heavy atom. The minimum absolute atomic E-state index is 0.117. The molecule has 1 aromatic heterocycles. The van der Waals surface area contributed by atoms with E-state index in [1.807, 2.05) is 54.6 Å². The number of hydrogen-bond donors (Lipinski definition) is 1. The Hall–Kier alpha value is -4.40. The quantitative estimate of drug-likeness (QED) is 0.541. The number of ether oxygens (including phenoxy) is 1. The predicted octanol–water partition coefficient (Wildman–Crippen LogP) is 3.79. The van der Waals surface area contributed by atoms with E-state index >= 15 is 0 Å². The number of imide groups is 1. The first-order valence-electron chi connectivity index (χ1n) is 12.4. The number of pyridine rings is 1. The Bertz CT molecular complexity index is 1360. The summed E-state index contributed by atoms with van der Waals surface area (Å²) in [6.07, 6.45) is 2.44. The van der Waals surface area contributed by atoms with Crippen molar-refractivity contribution in [2.24, 2.45) is 0 Å². The molecule has 2 saturated heterocycles. The first-order valence-corrected chi connectivity index (χ1v) is 12.4. The van der Waals surface area contributed by atoms with Gasteiger partial charge in [0.2, 0.25) is 0 Å². The number of benzene rings is 2. The fourth-order valence-electron chi connectivity index (χ4n) is 5.39. The maximum atomic E-state index is 13.3. The molecule has 0 spiro atoms. The van der Waals surface area contributed by atoms with Gasteiger partial charge in [-0.2, -0.15) is 0 Å². The molecule has 3 aromatic rings. The summed E-state index contributed by atoms with van der Waals surface area (Å²) in [6.45, 7) is 0.806. The standard InChI is InChI=1S/C28H27N5O4/c1-37-24-12-6-5-10-19(24)25-21(11-7-13-29-25)30-27(35)31-14-15-32-23(17-31)26(34)33(28(32)36)22-16-20(22)18-8-3-2-4-9-18/h2-13,20,22-23H,14-17H2,1H3,(H,30,35). The van der Waals surface area contributed by atoms with Gasteiger partial charge in [-0.05, 0) is 36.2 Å². The van der Waals surface area contributed by atoms with Crippen molar-refractivity contribution in [3.63, 3.8) is 0 Å². The van der Waals surface area contributed by atoms with Crippen LogP contribution in [0.1, 0.15) is 17.9 Å². The number of rotatable bonds is 5. The van der Waals surface area contributed by atoms with Crippen molar-refractivity contribution in [2.45, 2.75) is 24.4 Å². The monoisotopic (exact) mass is 497 g/mol. The number of urea groups is 2. The van der Waals surface area contributed by atoms with E-state index in [2.05, 4.69) is 10.3 Å². The van der Waals surface area contributed by atoms with Gasteiger partial charge >= 0.3 is 12.1 Å². The summed E-state index contributed by atoms with van der Waals surface area (Å²) in [5.41, 5.74) is 3.03. The van der Waals surface area contributed by atoms with Crippen LogP contribution >= 0.6 is 0 Å². The second kappa shape index (κ2) is 9.24. The second-order valence-corrected chi connectivity index (χ2v) is 9.50. The Kier molecular flexibility index (Phi) is 5.75. The lowest BCUT2D eigenvalue weighted by Gasteiger charge is -2.35. The van der Waals surface area contributed by atoms with Gasteiger partial charge in [0.1, 0.15) is 11.8 Å². The molecule has 3 heterocycles. The molecule has 5 amide bonds. The topological polar surface area (TPSA) is 95.1 Å². The van der Waals surface area contributed by atoms with E-state index in [1.54, 1.807) is 35.2 Å². The first kappa shape index (κ1) is 23.0. The highest BCUT2D eigenvalue weighted by molar-refractivity contribution is 6.06. The Morgan fingerprint density at radius 2 is 1.78 bits per heavy atom. The molecule has 3 atom stereocenters. The summed E-state index contributed by atoms with van der Waals surface area (Å²) in [7, 11) is 1.59. The van der Waals surface area contributed by atoms with Crippen LogP contribution in [0.25, 0.3) is 11.3 Å². The minimum atomic E-state index is -0.661. The lowest BCUT2D eigenvalue weighted by Crippen LogP contribution is -2.55. The molecule has 2 aliphatic heterocycles. The molecule has 188 valence electrons. The highest BCUT2D eigenvalue weighted by atomic mass is 16.5. The summed E-state index contributed by atoms with van der Waals surface area (Å²) in [6, 6.07) is 19.6. The molecular formula is C28H27N5O4. The van der Waals surface area contributed by atoms with Gasteiger partial charge in [-0.1, -0.05) is 42.5 Å². The van der Waals surface area contributed by atoms with Crippen LogP contribution in [0.2, 0.25) is 0 Å². The van der Waals surface area contributed by atoms with Crippen LogP contribution in [-0.4, -0.2) is 76.5 Å². The van der Waals surface area contributed by atoms with E-state index in [-0.39, 0.29) is 36.5 Å². The van der Waals surface area contributed by atoms with Gasteiger partial charge in [-0.25, -0.2) is 9.59 Å². The molecule has 3 aliphatic rings. The normalized spacial score (nSPS) is 22.6. The van der Waals surface area contributed by atoms with E-state index < -0.39 is 6.04 Å². The van der Waals surface area contributed by atoms with Crippen LogP contribution in [-0.2, 0) is 4.79 Å². The van der Waals surface area contributed by atoms with Crippen molar-refractivity contribution in [1.29, 1.82) is 0 Å². The maximum absolute atomic E-state index is 13.3. The zero-order valence-corrected chi connectivity index (χ0v) is 20.4. The Balaban J connectivity index is 1.16. The summed E-state index contributed by atoms with van der Waals surface area (Å²) < 4.78 is 5.47. The molecule has 1 saturated carbocycles. The van der Waals surface area contributed by atoms with Gasteiger partial charge in [-0.15, -0.1) is 0 Å². The Morgan fingerprint density at radius 3 is 2.59 bits per heavy atom. The number of nitrogens with one attached hydrogen (secondary N) is 1. The van der Waals surface area contributed by atoms with Gasteiger partial charge in [0.25, 0.3) is 5.91 Å². The third kappa shape index (κ3) is 4.06. The summed E-state index contributed by atoms with van der Waals surface area (Å²) in [4.78, 5) is 48.8. The van der Waals surface area contributed by atoms with Gasteiger partial charge in [-0.3, -0.25) is 14.7 Å². The van der Waals surface area contributed by atoms with Crippen LogP contribution in [0.3, 0.4) is 0 Å². The average molecular weight is 498 g/mol. The first-order chi connectivity index (χ1) is 18.1. The number of fused-ring (bicyclic) bond motifs is 1. The van der Waals surface area contributed by atoms with E-state index in [0.717, 1.165) is 17.5 Å². The van der Waals surface area contributed by atoms with E-state index in [9.17, 15) is 14.4 Å². The smallest absolute Gasteiger partial charge is 0.327 e.